The summed E-state index contributed by atoms with van der Waals surface area (Å²) < 4.78 is 0. The van der Waals surface area contributed by atoms with E-state index in [4.69, 9.17) is 0 Å². The van der Waals surface area contributed by atoms with Crippen LogP contribution in [0.1, 0.15) is 31.2 Å². The minimum atomic E-state index is -0.915. The van der Waals surface area contributed by atoms with Gasteiger partial charge in [-0.2, -0.15) is 0 Å². The van der Waals surface area contributed by atoms with Gasteiger partial charge in [0.15, 0.2) is 0 Å². The van der Waals surface area contributed by atoms with E-state index in [0.717, 1.165) is 24.8 Å². The highest BCUT2D eigenvalue weighted by molar-refractivity contribution is 5.80. The first-order valence-corrected chi connectivity index (χ1v) is 6.75. The second-order valence-corrected chi connectivity index (χ2v) is 5.15. The fourth-order valence-electron chi connectivity index (χ4n) is 2.68. The standard InChI is InChI=1S/C14H18N2O4/c1-10-6-7-11(13(9-10)16(19)20)15-8-4-2-3-5-12(15)14(17)18/h6-7,9,12H,2-5,8H2,1H3,(H,17,18). The lowest BCUT2D eigenvalue weighted by Crippen LogP contribution is -2.41. The molecule has 1 aliphatic rings. The smallest absolute Gasteiger partial charge is 0.326 e. The Balaban J connectivity index is 2.46. The third-order valence-electron chi connectivity index (χ3n) is 3.67. The van der Waals surface area contributed by atoms with Crippen LogP contribution in [0.15, 0.2) is 18.2 Å². The lowest BCUT2D eigenvalue weighted by molar-refractivity contribution is -0.384. The average molecular weight is 278 g/mol. The van der Waals surface area contributed by atoms with E-state index >= 15 is 0 Å². The van der Waals surface area contributed by atoms with Gasteiger partial charge in [-0.15, -0.1) is 0 Å². The summed E-state index contributed by atoms with van der Waals surface area (Å²) in [6.07, 6.45) is 3.18. The monoisotopic (exact) mass is 278 g/mol. The van der Waals surface area contributed by atoms with Crippen molar-refractivity contribution in [1.29, 1.82) is 0 Å². The molecule has 1 fully saturated rings. The van der Waals surface area contributed by atoms with E-state index in [9.17, 15) is 20.0 Å². The second-order valence-electron chi connectivity index (χ2n) is 5.15. The number of carboxylic acids is 1. The number of anilines is 1. The summed E-state index contributed by atoms with van der Waals surface area (Å²) in [5.41, 5.74) is 1.19. The van der Waals surface area contributed by atoms with Crippen LogP contribution in [0.3, 0.4) is 0 Å². The molecule has 20 heavy (non-hydrogen) atoms. The molecular formula is C14H18N2O4. The maximum absolute atomic E-state index is 11.4. The number of nitrogens with zero attached hydrogens (tertiary/aromatic N) is 2. The van der Waals surface area contributed by atoms with Crippen molar-refractivity contribution in [1.82, 2.24) is 0 Å². The first kappa shape index (κ1) is 14.3. The van der Waals surface area contributed by atoms with Crippen LogP contribution in [0.2, 0.25) is 0 Å². The van der Waals surface area contributed by atoms with Crippen molar-refractivity contribution >= 4 is 17.3 Å². The molecule has 1 aromatic carbocycles. The highest BCUT2D eigenvalue weighted by atomic mass is 16.6. The largest absolute Gasteiger partial charge is 0.480 e. The van der Waals surface area contributed by atoms with Crippen molar-refractivity contribution in [3.63, 3.8) is 0 Å². The summed E-state index contributed by atoms with van der Waals surface area (Å²) in [4.78, 5) is 23.9. The van der Waals surface area contributed by atoms with Crippen molar-refractivity contribution in [2.24, 2.45) is 0 Å². The Morgan fingerprint density at radius 2 is 2.15 bits per heavy atom. The molecule has 0 amide bonds. The average Bonchev–Trinajstić information content (AvgIpc) is 2.64. The van der Waals surface area contributed by atoms with E-state index in [1.54, 1.807) is 24.0 Å². The first-order chi connectivity index (χ1) is 9.50. The van der Waals surface area contributed by atoms with Gasteiger partial charge in [-0.1, -0.05) is 18.9 Å². The van der Waals surface area contributed by atoms with Crippen LogP contribution in [0, 0.1) is 17.0 Å². The van der Waals surface area contributed by atoms with Crippen molar-refractivity contribution in [2.75, 3.05) is 11.4 Å². The molecule has 6 heteroatoms. The minimum Gasteiger partial charge on any atom is -0.480 e. The lowest BCUT2D eigenvalue weighted by Gasteiger charge is -2.28. The number of aliphatic carboxylic acids is 1. The van der Waals surface area contributed by atoms with E-state index in [-0.39, 0.29) is 5.69 Å². The Morgan fingerprint density at radius 1 is 1.40 bits per heavy atom. The maximum Gasteiger partial charge on any atom is 0.326 e. The Bertz CT molecular complexity index is 530. The quantitative estimate of drug-likeness (QED) is 0.679. The Hall–Kier alpha value is -2.11. The van der Waals surface area contributed by atoms with Crippen molar-refractivity contribution in [2.45, 2.75) is 38.6 Å². The van der Waals surface area contributed by atoms with E-state index in [1.807, 2.05) is 0 Å². The van der Waals surface area contributed by atoms with Crippen molar-refractivity contribution < 1.29 is 14.8 Å². The molecule has 1 aromatic rings. The van der Waals surface area contributed by atoms with Crippen LogP contribution >= 0.6 is 0 Å². The van der Waals surface area contributed by atoms with Crippen LogP contribution in [-0.2, 0) is 4.79 Å². The van der Waals surface area contributed by atoms with E-state index in [2.05, 4.69) is 0 Å². The van der Waals surface area contributed by atoms with Gasteiger partial charge in [0, 0.05) is 12.6 Å². The second kappa shape index (κ2) is 5.90. The number of aryl methyl sites for hydroxylation is 1. The fraction of sp³-hybridized carbons (Fsp3) is 0.500. The van der Waals surface area contributed by atoms with Gasteiger partial charge in [0.05, 0.1) is 4.92 Å². The maximum atomic E-state index is 11.4. The molecule has 0 bridgehead atoms. The Morgan fingerprint density at radius 3 is 2.80 bits per heavy atom. The number of carbonyl (C=O) groups is 1. The SMILES string of the molecule is Cc1ccc(N2CCCCCC2C(=O)O)c([N+](=O)[O-])c1. The summed E-state index contributed by atoms with van der Waals surface area (Å²) in [5.74, 6) is -0.915. The minimum absolute atomic E-state index is 0.0156. The molecule has 1 aliphatic heterocycles. The van der Waals surface area contributed by atoms with E-state index in [1.165, 1.54) is 6.07 Å². The molecule has 1 heterocycles. The molecular weight excluding hydrogens is 260 g/mol. The Kier molecular flexibility index (Phi) is 4.22. The summed E-state index contributed by atoms with van der Waals surface area (Å²) >= 11 is 0. The van der Waals surface area contributed by atoms with Crippen LogP contribution in [0.5, 0.6) is 0 Å². The third-order valence-corrected chi connectivity index (χ3v) is 3.67. The number of hydrogen-bond acceptors (Lipinski definition) is 4. The molecule has 0 spiro atoms. The van der Waals surface area contributed by atoms with Crippen molar-refractivity contribution in [3.05, 3.63) is 33.9 Å². The molecule has 2 rings (SSSR count). The Labute approximate surface area is 117 Å². The molecule has 0 saturated carbocycles. The van der Waals surface area contributed by atoms with Gasteiger partial charge in [0.2, 0.25) is 0 Å². The summed E-state index contributed by atoms with van der Waals surface area (Å²) in [7, 11) is 0. The molecule has 0 radical (unpaired) electrons. The van der Waals surface area contributed by atoms with Gasteiger partial charge in [-0.05, 0) is 31.4 Å². The fourth-order valence-corrected chi connectivity index (χ4v) is 2.68. The predicted octanol–water partition coefficient (Wildman–Crippen LogP) is 2.74. The van der Waals surface area contributed by atoms with Gasteiger partial charge < -0.3 is 10.0 Å². The molecule has 6 nitrogen and oxygen atoms in total. The molecule has 1 saturated heterocycles. The topological polar surface area (TPSA) is 83.7 Å². The number of hydrogen-bond donors (Lipinski definition) is 1. The lowest BCUT2D eigenvalue weighted by atomic mass is 10.1. The zero-order chi connectivity index (χ0) is 14.7. The molecule has 1 atom stereocenters. The molecule has 1 N–H and O–H groups in total. The zero-order valence-electron chi connectivity index (χ0n) is 11.4. The number of benzene rings is 1. The van der Waals surface area contributed by atoms with Crippen molar-refractivity contribution in [3.8, 4) is 0 Å². The molecule has 0 aromatic heterocycles. The predicted molar refractivity (Wildman–Crippen MR) is 75.1 cm³/mol. The highest BCUT2D eigenvalue weighted by Crippen LogP contribution is 2.33. The number of carboxylic acid groups (broad SMARTS) is 1. The van der Waals surface area contributed by atoms with Crippen LogP contribution in [-0.4, -0.2) is 28.6 Å². The van der Waals surface area contributed by atoms with Crippen LogP contribution in [0.25, 0.3) is 0 Å². The molecule has 1 unspecified atom stereocenters. The number of nitro benzene ring substituents is 1. The molecule has 108 valence electrons. The van der Waals surface area contributed by atoms with E-state index < -0.39 is 16.9 Å². The summed E-state index contributed by atoms with van der Waals surface area (Å²) in [6.45, 7) is 2.33. The third kappa shape index (κ3) is 2.89. The normalized spacial score (nSPS) is 19.4. The van der Waals surface area contributed by atoms with E-state index in [0.29, 0.717) is 18.7 Å². The summed E-state index contributed by atoms with van der Waals surface area (Å²) in [6, 6.07) is 4.26. The van der Waals surface area contributed by atoms with Crippen LogP contribution < -0.4 is 4.90 Å². The highest BCUT2D eigenvalue weighted by Gasteiger charge is 2.31. The molecule has 0 aliphatic carbocycles. The van der Waals surface area contributed by atoms with Gasteiger partial charge in [0.25, 0.3) is 5.69 Å². The number of rotatable bonds is 3. The van der Waals surface area contributed by atoms with Gasteiger partial charge in [0.1, 0.15) is 11.7 Å². The van der Waals surface area contributed by atoms with Gasteiger partial charge in [-0.25, -0.2) is 4.79 Å². The summed E-state index contributed by atoms with van der Waals surface area (Å²) in [5, 5.41) is 20.6. The number of nitro groups is 1. The zero-order valence-corrected chi connectivity index (χ0v) is 11.4. The van der Waals surface area contributed by atoms with Gasteiger partial charge >= 0.3 is 5.97 Å². The first-order valence-electron chi connectivity index (χ1n) is 6.75. The van der Waals surface area contributed by atoms with Crippen LogP contribution in [0.4, 0.5) is 11.4 Å². The van der Waals surface area contributed by atoms with Gasteiger partial charge in [-0.3, -0.25) is 10.1 Å².